The molecule has 1 aliphatic heterocycles. The Morgan fingerprint density at radius 2 is 1.71 bits per heavy atom. The molecule has 0 bridgehead atoms. The normalized spacial score (nSPS) is 17.6. The highest BCUT2D eigenvalue weighted by Crippen LogP contribution is 2.36. The first kappa shape index (κ1) is 18.6. The van der Waals surface area contributed by atoms with E-state index in [1.807, 2.05) is 52.0 Å². The first-order chi connectivity index (χ1) is 13.3. The Labute approximate surface area is 164 Å². The van der Waals surface area contributed by atoms with E-state index in [9.17, 15) is 4.79 Å². The van der Waals surface area contributed by atoms with E-state index in [0.29, 0.717) is 17.2 Å². The Morgan fingerprint density at radius 1 is 0.964 bits per heavy atom. The van der Waals surface area contributed by atoms with Gasteiger partial charge in [0.1, 0.15) is 5.75 Å². The fourth-order valence-electron chi connectivity index (χ4n) is 2.94. The minimum atomic E-state index is -0.423. The number of carbonyl (C=O) groups is 1. The molecule has 0 radical (unpaired) electrons. The van der Waals surface area contributed by atoms with Crippen LogP contribution in [0.5, 0.6) is 11.6 Å². The van der Waals surface area contributed by atoms with Gasteiger partial charge in [0.15, 0.2) is 6.29 Å². The standard InChI is InChI=1S/C21H21BN2O4/c1-20(2)21(3,4)28-22(27-20)16-7-6-15-9-17(12-23-18(15)10-16)26-19-8-5-14(13-25)11-24-19/h5-13H,1-4H3. The number of aromatic nitrogens is 2. The molecule has 0 saturated carbocycles. The fraction of sp³-hybridized carbons (Fsp3) is 0.286. The van der Waals surface area contributed by atoms with Crippen molar-refractivity contribution in [3.63, 3.8) is 0 Å². The molecule has 3 heterocycles. The Morgan fingerprint density at radius 3 is 2.36 bits per heavy atom. The highest BCUT2D eigenvalue weighted by Gasteiger charge is 2.51. The molecule has 2 aromatic heterocycles. The second-order valence-corrected chi connectivity index (χ2v) is 7.86. The summed E-state index contributed by atoms with van der Waals surface area (Å²) < 4.78 is 18.0. The Balaban J connectivity index is 1.57. The number of aldehydes is 1. The number of hydrogen-bond acceptors (Lipinski definition) is 6. The smallest absolute Gasteiger partial charge is 0.437 e. The van der Waals surface area contributed by atoms with Crippen LogP contribution in [-0.2, 0) is 9.31 Å². The number of benzene rings is 1. The molecule has 6 nitrogen and oxygen atoms in total. The molecule has 1 aliphatic rings. The molecular formula is C21H21BN2O4. The van der Waals surface area contributed by atoms with Crippen LogP contribution in [0.4, 0.5) is 0 Å². The highest BCUT2D eigenvalue weighted by molar-refractivity contribution is 6.62. The number of fused-ring (bicyclic) bond motifs is 1. The van der Waals surface area contributed by atoms with Gasteiger partial charge in [-0.2, -0.15) is 0 Å². The Kier molecular flexibility index (Phi) is 4.44. The van der Waals surface area contributed by atoms with Crippen LogP contribution in [0.25, 0.3) is 10.9 Å². The summed E-state index contributed by atoms with van der Waals surface area (Å²) in [5, 5.41) is 0.933. The number of carbonyl (C=O) groups excluding carboxylic acids is 1. The van der Waals surface area contributed by atoms with Crippen LogP contribution < -0.4 is 10.2 Å². The first-order valence-corrected chi connectivity index (χ1v) is 9.12. The van der Waals surface area contributed by atoms with Crippen molar-refractivity contribution in [1.82, 2.24) is 9.97 Å². The summed E-state index contributed by atoms with van der Waals surface area (Å²) in [7, 11) is -0.423. The molecule has 1 saturated heterocycles. The van der Waals surface area contributed by atoms with Crippen LogP contribution >= 0.6 is 0 Å². The van der Waals surface area contributed by atoms with Crippen molar-refractivity contribution in [2.75, 3.05) is 0 Å². The Bertz CT molecular complexity index is 1020. The van der Waals surface area contributed by atoms with Crippen molar-refractivity contribution in [2.45, 2.75) is 38.9 Å². The zero-order valence-corrected chi connectivity index (χ0v) is 16.3. The summed E-state index contributed by atoms with van der Waals surface area (Å²) in [5.41, 5.74) is 1.48. The number of pyridine rings is 2. The van der Waals surface area contributed by atoms with E-state index in [2.05, 4.69) is 9.97 Å². The van der Waals surface area contributed by atoms with Gasteiger partial charge in [0.25, 0.3) is 0 Å². The molecule has 0 atom stereocenters. The van der Waals surface area contributed by atoms with E-state index in [1.165, 1.54) is 6.20 Å². The molecule has 3 aromatic rings. The predicted octanol–water partition coefficient (Wildman–Crippen LogP) is 3.53. The average Bonchev–Trinajstić information content (AvgIpc) is 2.89. The van der Waals surface area contributed by atoms with Gasteiger partial charge in [-0.05, 0) is 51.4 Å². The molecule has 4 rings (SSSR count). The fourth-order valence-corrected chi connectivity index (χ4v) is 2.94. The quantitative estimate of drug-likeness (QED) is 0.513. The topological polar surface area (TPSA) is 70.5 Å². The van der Waals surface area contributed by atoms with Gasteiger partial charge in [-0.3, -0.25) is 9.78 Å². The second-order valence-electron chi connectivity index (χ2n) is 7.86. The summed E-state index contributed by atoms with van der Waals surface area (Å²) in [4.78, 5) is 19.3. The van der Waals surface area contributed by atoms with Crippen molar-refractivity contribution in [2.24, 2.45) is 0 Å². The van der Waals surface area contributed by atoms with Gasteiger partial charge in [-0.1, -0.05) is 12.1 Å². The van der Waals surface area contributed by atoms with Crippen LogP contribution in [0.1, 0.15) is 38.1 Å². The maximum Gasteiger partial charge on any atom is 0.494 e. The molecule has 28 heavy (non-hydrogen) atoms. The second kappa shape index (κ2) is 6.69. The molecule has 1 aromatic carbocycles. The van der Waals surface area contributed by atoms with Crippen molar-refractivity contribution in [3.8, 4) is 11.6 Å². The maximum absolute atomic E-state index is 10.7. The summed E-state index contributed by atoms with van der Waals surface area (Å²) in [6.07, 6.45) is 3.85. The summed E-state index contributed by atoms with van der Waals surface area (Å²) >= 11 is 0. The lowest BCUT2D eigenvalue weighted by atomic mass is 9.79. The molecule has 1 fully saturated rings. The third-order valence-electron chi connectivity index (χ3n) is 5.33. The van der Waals surface area contributed by atoms with Gasteiger partial charge >= 0.3 is 7.12 Å². The van der Waals surface area contributed by atoms with Gasteiger partial charge in [-0.15, -0.1) is 0 Å². The van der Waals surface area contributed by atoms with Crippen LogP contribution in [0.2, 0.25) is 0 Å². The van der Waals surface area contributed by atoms with Gasteiger partial charge in [0.05, 0.1) is 22.9 Å². The first-order valence-electron chi connectivity index (χ1n) is 9.12. The van der Waals surface area contributed by atoms with E-state index in [1.54, 1.807) is 18.3 Å². The van der Waals surface area contributed by atoms with E-state index < -0.39 is 7.12 Å². The maximum atomic E-state index is 10.7. The minimum Gasteiger partial charge on any atom is -0.437 e. The monoisotopic (exact) mass is 376 g/mol. The Hall–Kier alpha value is -2.77. The molecule has 0 aliphatic carbocycles. The van der Waals surface area contributed by atoms with Crippen molar-refractivity contribution in [1.29, 1.82) is 0 Å². The average molecular weight is 376 g/mol. The number of rotatable bonds is 4. The van der Waals surface area contributed by atoms with Gasteiger partial charge in [0, 0.05) is 23.2 Å². The highest BCUT2D eigenvalue weighted by atomic mass is 16.7. The zero-order valence-electron chi connectivity index (χ0n) is 16.3. The van der Waals surface area contributed by atoms with Crippen LogP contribution in [0, 0.1) is 0 Å². The molecule has 0 spiro atoms. The lowest BCUT2D eigenvalue weighted by Gasteiger charge is -2.32. The molecule has 0 amide bonds. The number of hydrogen-bond donors (Lipinski definition) is 0. The van der Waals surface area contributed by atoms with Gasteiger partial charge in [-0.25, -0.2) is 4.98 Å². The van der Waals surface area contributed by atoms with Gasteiger partial charge in [0.2, 0.25) is 5.88 Å². The third kappa shape index (κ3) is 3.39. The summed E-state index contributed by atoms with van der Waals surface area (Å²) in [5.74, 6) is 0.975. The van der Waals surface area contributed by atoms with Crippen LogP contribution in [-0.4, -0.2) is 34.6 Å². The van der Waals surface area contributed by atoms with E-state index in [-0.39, 0.29) is 11.2 Å². The lowest BCUT2D eigenvalue weighted by Crippen LogP contribution is -2.41. The van der Waals surface area contributed by atoms with Crippen molar-refractivity contribution < 1.29 is 18.8 Å². The number of nitrogens with zero attached hydrogens (tertiary/aromatic N) is 2. The van der Waals surface area contributed by atoms with Gasteiger partial charge < -0.3 is 14.0 Å². The molecule has 0 N–H and O–H groups in total. The van der Waals surface area contributed by atoms with Crippen molar-refractivity contribution in [3.05, 3.63) is 54.4 Å². The summed E-state index contributed by atoms with van der Waals surface area (Å²) in [6, 6.07) is 11.1. The third-order valence-corrected chi connectivity index (χ3v) is 5.33. The molecule has 142 valence electrons. The molecule has 0 unspecified atom stereocenters. The minimum absolute atomic E-state index is 0.385. The molecular weight excluding hydrogens is 355 g/mol. The van der Waals surface area contributed by atoms with Crippen LogP contribution in [0.15, 0.2) is 48.8 Å². The van der Waals surface area contributed by atoms with Crippen LogP contribution in [0.3, 0.4) is 0 Å². The zero-order chi connectivity index (χ0) is 19.9. The SMILES string of the molecule is CC1(C)OB(c2ccc3cc(Oc4ccc(C=O)cn4)cnc3c2)OC1(C)C. The largest absolute Gasteiger partial charge is 0.494 e. The predicted molar refractivity (Wildman–Crippen MR) is 107 cm³/mol. The van der Waals surface area contributed by atoms with Crippen molar-refractivity contribution >= 4 is 29.8 Å². The molecule has 7 heteroatoms. The summed E-state index contributed by atoms with van der Waals surface area (Å²) in [6.45, 7) is 8.13. The van der Waals surface area contributed by atoms with E-state index in [4.69, 9.17) is 14.0 Å². The number of ether oxygens (including phenoxy) is 1. The lowest BCUT2D eigenvalue weighted by molar-refractivity contribution is 0.00578. The van der Waals surface area contributed by atoms with E-state index in [0.717, 1.165) is 22.7 Å². The van der Waals surface area contributed by atoms with E-state index >= 15 is 0 Å².